The van der Waals surface area contributed by atoms with Crippen molar-refractivity contribution in [2.75, 3.05) is 18.0 Å². The molecular formula is C27H26ClF2N3O2. The molecule has 2 fully saturated rings. The zero-order valence-electron chi connectivity index (χ0n) is 19.4. The van der Waals surface area contributed by atoms with Crippen LogP contribution < -0.4 is 10.3 Å². The molecule has 0 spiro atoms. The Morgan fingerprint density at radius 3 is 2.63 bits per heavy atom. The molecule has 3 aromatic rings. The third-order valence-corrected chi connectivity index (χ3v) is 7.15. The van der Waals surface area contributed by atoms with Crippen molar-refractivity contribution in [1.82, 2.24) is 4.57 Å². The van der Waals surface area contributed by atoms with Gasteiger partial charge in [0.05, 0.1) is 33.2 Å². The van der Waals surface area contributed by atoms with Crippen molar-refractivity contribution in [1.29, 1.82) is 0 Å². The summed E-state index contributed by atoms with van der Waals surface area (Å²) in [4.78, 5) is 31.5. The zero-order valence-corrected chi connectivity index (χ0v) is 20.2. The molecule has 1 saturated heterocycles. The molecular weight excluding hydrogens is 472 g/mol. The standard InChI is InChI=1S/C27H26ClF2N3O2/c1-16(34)21-15-33(19-9-10-19)25-20(27(21)35)12-23(30)26(24(25)28)32-11-5-4-7-18(14-32)31-13-17-6-2-3-8-22(17)29/h2-3,6,8,12-13,15,18-19H,4-5,7,9-11,14H2,1H3/b31-13+/t18-/m1/s1. The molecule has 1 atom stereocenters. The fraction of sp³-hybridized carbons (Fsp3) is 0.370. The summed E-state index contributed by atoms with van der Waals surface area (Å²) in [7, 11) is 0. The second-order valence-electron chi connectivity index (χ2n) is 9.38. The van der Waals surface area contributed by atoms with E-state index in [0.29, 0.717) is 24.2 Å². The fourth-order valence-electron chi connectivity index (χ4n) is 4.82. The first-order valence-electron chi connectivity index (χ1n) is 12.0. The number of carbonyl (C=O) groups excluding carboxylic acids is 1. The van der Waals surface area contributed by atoms with Crippen LogP contribution >= 0.6 is 11.6 Å². The van der Waals surface area contributed by atoms with E-state index in [1.807, 2.05) is 9.47 Å². The van der Waals surface area contributed by atoms with Gasteiger partial charge in [-0.25, -0.2) is 8.78 Å². The van der Waals surface area contributed by atoms with Crippen molar-refractivity contribution in [3.8, 4) is 0 Å². The maximum absolute atomic E-state index is 15.5. The van der Waals surface area contributed by atoms with Gasteiger partial charge in [-0.1, -0.05) is 29.8 Å². The maximum Gasteiger partial charge on any atom is 0.200 e. The summed E-state index contributed by atoms with van der Waals surface area (Å²) < 4.78 is 31.4. The quantitative estimate of drug-likeness (QED) is 0.323. The lowest BCUT2D eigenvalue weighted by Crippen LogP contribution is -2.31. The minimum absolute atomic E-state index is 0.0462. The van der Waals surface area contributed by atoms with Crippen molar-refractivity contribution < 1.29 is 13.6 Å². The van der Waals surface area contributed by atoms with E-state index in [9.17, 15) is 14.0 Å². The van der Waals surface area contributed by atoms with Gasteiger partial charge in [-0.2, -0.15) is 0 Å². The van der Waals surface area contributed by atoms with Crippen LogP contribution in [0.2, 0.25) is 5.02 Å². The Bertz CT molecular complexity index is 1400. The Balaban J connectivity index is 1.56. The van der Waals surface area contributed by atoms with Gasteiger partial charge in [-0.05, 0) is 51.2 Å². The molecule has 2 heterocycles. The highest BCUT2D eigenvalue weighted by Crippen LogP contribution is 2.42. The van der Waals surface area contributed by atoms with Gasteiger partial charge < -0.3 is 9.47 Å². The first-order chi connectivity index (χ1) is 16.8. The van der Waals surface area contributed by atoms with Gasteiger partial charge in [0.2, 0.25) is 0 Å². The topological polar surface area (TPSA) is 54.7 Å². The van der Waals surface area contributed by atoms with Crippen LogP contribution in [-0.2, 0) is 0 Å². The first kappa shape index (κ1) is 23.7. The normalized spacial score (nSPS) is 18.9. The predicted molar refractivity (Wildman–Crippen MR) is 135 cm³/mol. The molecule has 0 unspecified atom stereocenters. The smallest absolute Gasteiger partial charge is 0.200 e. The van der Waals surface area contributed by atoms with Crippen LogP contribution in [0.5, 0.6) is 0 Å². The third-order valence-electron chi connectivity index (χ3n) is 6.80. The minimum Gasteiger partial charge on any atom is -0.366 e. The van der Waals surface area contributed by atoms with Gasteiger partial charge in [0.15, 0.2) is 11.2 Å². The molecule has 182 valence electrons. The van der Waals surface area contributed by atoms with Crippen molar-refractivity contribution in [2.24, 2.45) is 4.99 Å². The molecule has 5 rings (SSSR count). The van der Waals surface area contributed by atoms with Crippen molar-refractivity contribution in [3.63, 3.8) is 0 Å². The van der Waals surface area contributed by atoms with Gasteiger partial charge >= 0.3 is 0 Å². The van der Waals surface area contributed by atoms with Gasteiger partial charge in [0.25, 0.3) is 0 Å². The predicted octanol–water partition coefficient (Wildman–Crippen LogP) is 5.95. The number of carbonyl (C=O) groups is 1. The zero-order chi connectivity index (χ0) is 24.7. The molecule has 0 amide bonds. The van der Waals surface area contributed by atoms with Gasteiger partial charge in [0.1, 0.15) is 11.6 Å². The number of hydrogen-bond donors (Lipinski definition) is 0. The average molecular weight is 498 g/mol. The van der Waals surface area contributed by atoms with E-state index < -0.39 is 11.2 Å². The Morgan fingerprint density at radius 2 is 1.91 bits per heavy atom. The minimum atomic E-state index is -0.596. The van der Waals surface area contributed by atoms with Crippen LogP contribution in [0.25, 0.3) is 10.9 Å². The van der Waals surface area contributed by atoms with E-state index in [1.165, 1.54) is 25.3 Å². The molecule has 1 aliphatic heterocycles. The van der Waals surface area contributed by atoms with Crippen LogP contribution in [0.15, 0.2) is 46.3 Å². The molecule has 0 N–H and O–H groups in total. The second kappa shape index (κ2) is 9.53. The second-order valence-corrected chi connectivity index (χ2v) is 9.76. The third kappa shape index (κ3) is 4.61. The number of hydrogen-bond acceptors (Lipinski definition) is 4. The summed E-state index contributed by atoms with van der Waals surface area (Å²) >= 11 is 6.84. The van der Waals surface area contributed by atoms with Crippen molar-refractivity contribution in [3.05, 3.63) is 74.5 Å². The molecule has 2 aliphatic rings. The van der Waals surface area contributed by atoms with E-state index in [4.69, 9.17) is 11.6 Å². The first-order valence-corrected chi connectivity index (χ1v) is 12.3. The number of aliphatic imine (C=N–C) groups is 1. The highest BCUT2D eigenvalue weighted by molar-refractivity contribution is 6.38. The summed E-state index contributed by atoms with van der Waals surface area (Å²) in [6, 6.07) is 7.63. The van der Waals surface area contributed by atoms with Crippen LogP contribution in [0.1, 0.15) is 61.0 Å². The van der Waals surface area contributed by atoms with Crippen LogP contribution in [-0.4, -0.2) is 35.7 Å². The molecule has 1 aliphatic carbocycles. The Kier molecular flexibility index (Phi) is 6.45. The Labute approximate surface area is 207 Å². The number of Topliss-reactive ketones (excluding diaryl/α,β-unsaturated/α-hetero) is 1. The van der Waals surface area contributed by atoms with Gasteiger partial charge in [0, 0.05) is 37.1 Å². The summed E-state index contributed by atoms with van der Waals surface area (Å²) in [5, 5.41) is 0.303. The van der Waals surface area contributed by atoms with Crippen LogP contribution in [0.4, 0.5) is 14.5 Å². The molecule has 35 heavy (non-hydrogen) atoms. The SMILES string of the molecule is CC(=O)c1cn(C2CC2)c2c(Cl)c(N3CCCC[C@@H](/N=C/c4ccccc4F)C3)c(F)cc2c1=O. The molecule has 8 heteroatoms. The number of aromatic nitrogens is 1. The summed E-state index contributed by atoms with van der Waals surface area (Å²) in [5.74, 6) is -1.29. The molecule has 0 bridgehead atoms. The average Bonchev–Trinajstić information content (AvgIpc) is 3.67. The molecule has 0 radical (unpaired) electrons. The van der Waals surface area contributed by atoms with E-state index in [2.05, 4.69) is 4.99 Å². The number of halogens is 3. The Morgan fingerprint density at radius 1 is 1.14 bits per heavy atom. The summed E-state index contributed by atoms with van der Waals surface area (Å²) in [6.07, 6.45) is 7.46. The lowest BCUT2D eigenvalue weighted by molar-refractivity contribution is 0.101. The number of ketones is 1. The number of rotatable bonds is 5. The largest absolute Gasteiger partial charge is 0.366 e. The van der Waals surface area contributed by atoms with E-state index >= 15 is 4.39 Å². The molecule has 5 nitrogen and oxygen atoms in total. The van der Waals surface area contributed by atoms with Gasteiger partial charge in [-0.15, -0.1) is 0 Å². The molecule has 2 aromatic carbocycles. The number of anilines is 1. The summed E-state index contributed by atoms with van der Waals surface area (Å²) in [6.45, 7) is 2.35. The fourth-order valence-corrected chi connectivity index (χ4v) is 5.23. The van der Waals surface area contributed by atoms with Crippen molar-refractivity contribution in [2.45, 2.75) is 51.1 Å². The van der Waals surface area contributed by atoms with E-state index in [0.717, 1.165) is 32.1 Å². The van der Waals surface area contributed by atoms with Crippen LogP contribution in [0.3, 0.4) is 0 Å². The summed E-state index contributed by atoms with van der Waals surface area (Å²) in [5.41, 5.74) is 0.672. The Hall–Kier alpha value is -3.06. The lowest BCUT2D eigenvalue weighted by Gasteiger charge is -2.27. The maximum atomic E-state index is 15.5. The highest BCUT2D eigenvalue weighted by atomic mass is 35.5. The monoisotopic (exact) mass is 497 g/mol. The number of benzene rings is 2. The molecule has 1 saturated carbocycles. The van der Waals surface area contributed by atoms with Crippen LogP contribution in [0, 0.1) is 11.6 Å². The lowest BCUT2D eigenvalue weighted by atomic mass is 10.1. The van der Waals surface area contributed by atoms with E-state index in [1.54, 1.807) is 24.4 Å². The number of pyridine rings is 1. The number of fused-ring (bicyclic) bond motifs is 1. The van der Waals surface area contributed by atoms with Gasteiger partial charge in [-0.3, -0.25) is 14.6 Å². The molecule has 1 aromatic heterocycles. The highest BCUT2D eigenvalue weighted by Gasteiger charge is 2.30. The van der Waals surface area contributed by atoms with E-state index in [-0.39, 0.29) is 45.3 Å². The number of nitrogens with zero attached hydrogens (tertiary/aromatic N) is 3. The van der Waals surface area contributed by atoms with Crippen molar-refractivity contribution >= 4 is 40.2 Å².